The van der Waals surface area contributed by atoms with Crippen molar-refractivity contribution in [1.29, 1.82) is 0 Å². The molecular weight excluding hydrogens is 231 g/mol. The first-order chi connectivity index (χ1) is 6.94. The fraction of sp³-hybridized carbons (Fsp3) is 0.900. The molecule has 0 radical (unpaired) electrons. The summed E-state index contributed by atoms with van der Waals surface area (Å²) in [4.78, 5) is 11.1. The Morgan fingerprint density at radius 2 is 1.87 bits per heavy atom. The number of hydrogen-bond acceptors (Lipinski definition) is 4. The van der Waals surface area contributed by atoms with Crippen LogP contribution >= 0.6 is 18.0 Å². The van der Waals surface area contributed by atoms with Gasteiger partial charge in [-0.3, -0.25) is 9.36 Å². The predicted octanol–water partition coefficient (Wildman–Crippen LogP) is 3.34. The van der Waals surface area contributed by atoms with E-state index in [1.54, 1.807) is 13.6 Å². The molecule has 0 aromatic carbocycles. The van der Waals surface area contributed by atoms with Crippen molar-refractivity contribution in [2.75, 3.05) is 12.9 Å². The molecule has 0 amide bonds. The summed E-state index contributed by atoms with van der Waals surface area (Å²) in [6.07, 6.45) is 5.39. The molecule has 0 aliphatic heterocycles. The number of carbonyl (C=O) groups excluding carboxylic acids is 1. The van der Waals surface area contributed by atoms with Crippen LogP contribution in [0, 0.1) is 5.92 Å². The average Bonchev–Trinajstić information content (AvgIpc) is 2.18. The molecule has 1 aliphatic carbocycles. The number of rotatable bonds is 4. The first-order valence-corrected chi connectivity index (χ1v) is 9.17. The van der Waals surface area contributed by atoms with Crippen LogP contribution in [-0.4, -0.2) is 24.8 Å². The lowest BCUT2D eigenvalue weighted by Crippen LogP contribution is -2.24. The number of Topliss-reactive ketones (excluding diaryl/α,β-unsaturated/α-hetero) is 1. The van der Waals surface area contributed by atoms with Gasteiger partial charge in [-0.05, 0) is 38.9 Å². The van der Waals surface area contributed by atoms with Gasteiger partial charge in [-0.1, -0.05) is 11.4 Å². The van der Waals surface area contributed by atoms with Gasteiger partial charge >= 0.3 is 0 Å². The van der Waals surface area contributed by atoms with Gasteiger partial charge < -0.3 is 4.52 Å². The quantitative estimate of drug-likeness (QED) is 0.718. The molecule has 5 heteroatoms. The lowest BCUT2D eigenvalue weighted by molar-refractivity contribution is -0.122. The van der Waals surface area contributed by atoms with Gasteiger partial charge in [-0.2, -0.15) is 0 Å². The monoisotopic (exact) mass is 250 g/mol. The fourth-order valence-electron chi connectivity index (χ4n) is 1.89. The average molecular weight is 250 g/mol. The molecule has 0 aromatic heterocycles. The van der Waals surface area contributed by atoms with Crippen LogP contribution in [0.15, 0.2) is 0 Å². The second-order valence-electron chi connectivity index (χ2n) is 4.14. The molecule has 0 saturated heterocycles. The highest BCUT2D eigenvalue weighted by atomic mass is 32.7. The Labute approximate surface area is 95.5 Å². The van der Waals surface area contributed by atoms with Crippen molar-refractivity contribution in [3.8, 4) is 0 Å². The molecule has 88 valence electrons. The lowest BCUT2D eigenvalue weighted by atomic mass is 9.85. The van der Waals surface area contributed by atoms with Crippen LogP contribution in [-0.2, 0) is 13.9 Å². The lowest BCUT2D eigenvalue weighted by Gasteiger charge is -2.28. The van der Waals surface area contributed by atoms with E-state index in [4.69, 9.17) is 4.52 Å². The van der Waals surface area contributed by atoms with Crippen LogP contribution in [0.2, 0.25) is 0 Å². The maximum atomic E-state index is 11.7. The molecule has 1 unspecified atom stereocenters. The minimum Gasteiger partial charge on any atom is -0.318 e. The Morgan fingerprint density at radius 1 is 1.33 bits per heavy atom. The second-order valence-corrected chi connectivity index (χ2v) is 9.35. The van der Waals surface area contributed by atoms with E-state index in [2.05, 4.69) is 0 Å². The van der Waals surface area contributed by atoms with E-state index < -0.39 is 6.57 Å². The Morgan fingerprint density at radius 3 is 2.27 bits per heavy atom. The SMILES string of the molecule is CSP(C)(=O)OC1CCC(C(C)=O)CC1. The highest BCUT2D eigenvalue weighted by Gasteiger charge is 2.28. The van der Waals surface area contributed by atoms with E-state index in [-0.39, 0.29) is 17.8 Å². The van der Waals surface area contributed by atoms with Gasteiger partial charge in [0.2, 0.25) is 0 Å². The standard InChI is InChI=1S/C10H19O3PS/c1-8(11)9-4-6-10(7-5-9)13-14(2,12)15-3/h9-10H,4-7H2,1-3H3. The molecule has 1 atom stereocenters. The number of ketones is 1. The highest BCUT2D eigenvalue weighted by Crippen LogP contribution is 2.56. The maximum Gasteiger partial charge on any atom is 0.254 e. The van der Waals surface area contributed by atoms with Crippen molar-refractivity contribution in [2.45, 2.75) is 38.7 Å². The Balaban J connectivity index is 2.38. The smallest absolute Gasteiger partial charge is 0.254 e. The molecule has 1 fully saturated rings. The van der Waals surface area contributed by atoms with Crippen LogP contribution < -0.4 is 0 Å². The summed E-state index contributed by atoms with van der Waals surface area (Å²) in [5, 5.41) is 0. The van der Waals surface area contributed by atoms with Crippen LogP contribution in [0.3, 0.4) is 0 Å². The van der Waals surface area contributed by atoms with Crippen LogP contribution in [0.1, 0.15) is 32.6 Å². The Hall–Kier alpha value is 0.210. The third kappa shape index (κ3) is 4.29. The van der Waals surface area contributed by atoms with Gasteiger partial charge in [-0.25, -0.2) is 0 Å². The molecule has 0 heterocycles. The predicted molar refractivity (Wildman–Crippen MR) is 64.6 cm³/mol. The molecule has 0 bridgehead atoms. The highest BCUT2D eigenvalue weighted by molar-refractivity contribution is 8.56. The van der Waals surface area contributed by atoms with Crippen LogP contribution in [0.25, 0.3) is 0 Å². The number of hydrogen-bond donors (Lipinski definition) is 0. The van der Waals surface area contributed by atoms with Gasteiger partial charge in [-0.15, -0.1) is 0 Å². The normalized spacial score (nSPS) is 30.9. The Bertz CT molecular complexity index is 272. The van der Waals surface area contributed by atoms with Gasteiger partial charge in [0, 0.05) is 12.6 Å². The zero-order valence-electron chi connectivity index (χ0n) is 9.56. The molecular formula is C10H19O3PS. The van der Waals surface area contributed by atoms with Crippen molar-refractivity contribution in [3.05, 3.63) is 0 Å². The van der Waals surface area contributed by atoms with Gasteiger partial charge in [0.15, 0.2) is 0 Å². The first kappa shape index (κ1) is 13.3. The van der Waals surface area contributed by atoms with Crippen molar-refractivity contribution >= 4 is 23.7 Å². The van der Waals surface area contributed by atoms with Crippen molar-refractivity contribution < 1.29 is 13.9 Å². The number of carbonyl (C=O) groups is 1. The zero-order valence-corrected chi connectivity index (χ0v) is 11.3. The third-order valence-corrected chi connectivity index (χ3v) is 6.51. The van der Waals surface area contributed by atoms with Crippen molar-refractivity contribution in [2.24, 2.45) is 5.92 Å². The molecule has 3 nitrogen and oxygen atoms in total. The van der Waals surface area contributed by atoms with Gasteiger partial charge in [0.05, 0.1) is 6.10 Å². The molecule has 0 aromatic rings. The molecule has 1 rings (SSSR count). The van der Waals surface area contributed by atoms with Crippen molar-refractivity contribution in [3.63, 3.8) is 0 Å². The second kappa shape index (κ2) is 5.51. The molecule has 0 spiro atoms. The zero-order chi connectivity index (χ0) is 11.5. The van der Waals surface area contributed by atoms with E-state index in [0.717, 1.165) is 25.7 Å². The van der Waals surface area contributed by atoms with E-state index >= 15 is 0 Å². The van der Waals surface area contributed by atoms with Gasteiger partial charge in [0.25, 0.3) is 6.57 Å². The fourth-order valence-corrected chi connectivity index (χ4v) is 3.35. The van der Waals surface area contributed by atoms with E-state index in [9.17, 15) is 9.36 Å². The minimum absolute atomic E-state index is 0.0869. The summed E-state index contributed by atoms with van der Waals surface area (Å²) in [6.45, 7) is 0.859. The summed E-state index contributed by atoms with van der Waals surface area (Å²) >= 11 is 1.29. The van der Waals surface area contributed by atoms with E-state index in [0.29, 0.717) is 0 Å². The summed E-state index contributed by atoms with van der Waals surface area (Å²) in [5.41, 5.74) is 0. The topological polar surface area (TPSA) is 43.4 Å². The Kier molecular flexibility index (Phi) is 4.88. The van der Waals surface area contributed by atoms with E-state index in [1.807, 2.05) is 6.26 Å². The largest absolute Gasteiger partial charge is 0.318 e. The molecule has 1 aliphatic rings. The third-order valence-electron chi connectivity index (χ3n) is 2.92. The summed E-state index contributed by atoms with van der Waals surface area (Å²) < 4.78 is 17.3. The summed E-state index contributed by atoms with van der Waals surface area (Å²) in [7, 11) is 0. The molecule has 1 saturated carbocycles. The van der Waals surface area contributed by atoms with Gasteiger partial charge in [0.1, 0.15) is 5.78 Å². The van der Waals surface area contributed by atoms with Crippen LogP contribution in [0.5, 0.6) is 0 Å². The summed E-state index contributed by atoms with van der Waals surface area (Å²) in [6, 6.07) is 0. The minimum atomic E-state index is -2.45. The van der Waals surface area contributed by atoms with E-state index in [1.165, 1.54) is 11.4 Å². The maximum absolute atomic E-state index is 11.7. The first-order valence-electron chi connectivity index (χ1n) is 5.26. The van der Waals surface area contributed by atoms with Crippen molar-refractivity contribution in [1.82, 2.24) is 0 Å². The molecule has 0 N–H and O–H groups in total. The molecule has 15 heavy (non-hydrogen) atoms. The summed E-state index contributed by atoms with van der Waals surface area (Å²) in [5.74, 6) is 0.480. The van der Waals surface area contributed by atoms with Crippen LogP contribution in [0.4, 0.5) is 0 Å².